The Kier molecular flexibility index (Phi) is 5.72. The summed E-state index contributed by atoms with van der Waals surface area (Å²) in [4.78, 5) is 13.4. The van der Waals surface area contributed by atoms with Gasteiger partial charge in [-0.1, -0.05) is 12.8 Å². The first-order valence-corrected chi connectivity index (χ1v) is 7.37. The van der Waals surface area contributed by atoms with Gasteiger partial charge in [0.05, 0.1) is 20.2 Å². The molecule has 1 saturated heterocycles. The standard InChI is InChI=1S/C14H24F2N2O2/c1-20-14(19)9-18-7-11(4-10-2-3-10)5-12(8-18)17-6-13(15)16/h10-13,17H,2-9H2,1H3. The van der Waals surface area contributed by atoms with Gasteiger partial charge in [0.15, 0.2) is 0 Å². The highest BCUT2D eigenvalue weighted by Gasteiger charge is 2.32. The Hall–Kier alpha value is -0.750. The molecule has 0 aromatic heterocycles. The number of piperidine rings is 1. The predicted octanol–water partition coefficient (Wildman–Crippen LogP) is 1.50. The average Bonchev–Trinajstić information content (AvgIpc) is 3.20. The molecule has 6 heteroatoms. The molecule has 1 N–H and O–H groups in total. The van der Waals surface area contributed by atoms with Crippen LogP contribution in [0.4, 0.5) is 8.78 Å². The molecule has 2 unspecified atom stereocenters. The molecule has 0 spiro atoms. The summed E-state index contributed by atoms with van der Waals surface area (Å²) in [6.07, 6.45) is 2.35. The zero-order valence-corrected chi connectivity index (χ0v) is 12.0. The van der Waals surface area contributed by atoms with Crippen molar-refractivity contribution in [2.75, 3.05) is 33.3 Å². The first-order valence-electron chi connectivity index (χ1n) is 7.37. The van der Waals surface area contributed by atoms with E-state index in [1.807, 2.05) is 4.90 Å². The Morgan fingerprint density at radius 2 is 2.10 bits per heavy atom. The van der Waals surface area contributed by atoms with E-state index >= 15 is 0 Å². The monoisotopic (exact) mass is 290 g/mol. The zero-order valence-electron chi connectivity index (χ0n) is 12.0. The highest BCUT2D eigenvalue weighted by molar-refractivity contribution is 5.71. The van der Waals surface area contributed by atoms with E-state index in [1.165, 1.54) is 20.0 Å². The normalized spacial score (nSPS) is 27.8. The van der Waals surface area contributed by atoms with Gasteiger partial charge in [0.25, 0.3) is 6.43 Å². The number of carbonyl (C=O) groups is 1. The Labute approximate surface area is 118 Å². The van der Waals surface area contributed by atoms with Gasteiger partial charge in [0.2, 0.25) is 0 Å². The number of esters is 1. The average molecular weight is 290 g/mol. The fraction of sp³-hybridized carbons (Fsp3) is 0.929. The van der Waals surface area contributed by atoms with Crippen LogP contribution < -0.4 is 5.32 Å². The molecule has 1 heterocycles. The van der Waals surface area contributed by atoms with E-state index < -0.39 is 6.43 Å². The molecule has 0 amide bonds. The summed E-state index contributed by atoms with van der Waals surface area (Å²) < 4.78 is 29.3. The molecule has 2 aliphatic rings. The van der Waals surface area contributed by atoms with Crippen molar-refractivity contribution in [3.8, 4) is 0 Å². The molecule has 4 nitrogen and oxygen atoms in total. The van der Waals surface area contributed by atoms with E-state index in [0.29, 0.717) is 12.5 Å². The van der Waals surface area contributed by atoms with Crippen LogP contribution in [-0.4, -0.2) is 56.6 Å². The predicted molar refractivity (Wildman–Crippen MR) is 71.7 cm³/mol. The Bertz CT molecular complexity index is 324. The number of ether oxygens (including phenoxy) is 1. The maximum absolute atomic E-state index is 12.3. The van der Waals surface area contributed by atoms with E-state index in [2.05, 4.69) is 5.32 Å². The van der Waals surface area contributed by atoms with Gasteiger partial charge in [-0.25, -0.2) is 8.78 Å². The van der Waals surface area contributed by atoms with Gasteiger partial charge in [0, 0.05) is 19.1 Å². The summed E-state index contributed by atoms with van der Waals surface area (Å²) in [6.45, 7) is 1.50. The van der Waals surface area contributed by atoms with Gasteiger partial charge in [-0.15, -0.1) is 0 Å². The van der Waals surface area contributed by atoms with Crippen molar-refractivity contribution in [3.63, 3.8) is 0 Å². The van der Waals surface area contributed by atoms with Crippen molar-refractivity contribution in [3.05, 3.63) is 0 Å². The summed E-state index contributed by atoms with van der Waals surface area (Å²) >= 11 is 0. The number of methoxy groups -OCH3 is 1. The number of nitrogens with zero attached hydrogens (tertiary/aromatic N) is 1. The third kappa shape index (κ3) is 5.32. The van der Waals surface area contributed by atoms with Crippen LogP contribution in [0, 0.1) is 11.8 Å². The Morgan fingerprint density at radius 3 is 2.70 bits per heavy atom. The van der Waals surface area contributed by atoms with E-state index in [4.69, 9.17) is 4.74 Å². The molecule has 20 heavy (non-hydrogen) atoms. The quantitative estimate of drug-likeness (QED) is 0.722. The minimum absolute atomic E-state index is 0.0474. The van der Waals surface area contributed by atoms with Gasteiger partial charge < -0.3 is 10.1 Å². The first-order chi connectivity index (χ1) is 9.56. The first kappa shape index (κ1) is 15.6. The molecule has 0 radical (unpaired) electrons. The van der Waals surface area contributed by atoms with E-state index in [1.54, 1.807) is 0 Å². The minimum atomic E-state index is -2.33. The molecule has 0 bridgehead atoms. The van der Waals surface area contributed by atoms with Crippen LogP contribution >= 0.6 is 0 Å². The molecule has 2 atom stereocenters. The molecular weight excluding hydrogens is 266 g/mol. The SMILES string of the molecule is COC(=O)CN1CC(CC2CC2)CC(NCC(F)F)C1. The number of nitrogens with one attached hydrogen (secondary N) is 1. The summed E-state index contributed by atoms with van der Waals surface area (Å²) in [5.74, 6) is 1.05. The van der Waals surface area contributed by atoms with Gasteiger partial charge in [-0.05, 0) is 24.7 Å². The van der Waals surface area contributed by atoms with Crippen molar-refractivity contribution in [1.82, 2.24) is 10.2 Å². The number of carbonyl (C=O) groups excluding carboxylic acids is 1. The van der Waals surface area contributed by atoms with Crippen LogP contribution in [0.5, 0.6) is 0 Å². The van der Waals surface area contributed by atoms with Crippen LogP contribution in [0.2, 0.25) is 0 Å². The van der Waals surface area contributed by atoms with Crippen molar-refractivity contribution < 1.29 is 18.3 Å². The van der Waals surface area contributed by atoms with Crippen molar-refractivity contribution in [2.24, 2.45) is 11.8 Å². The van der Waals surface area contributed by atoms with Gasteiger partial charge in [-0.3, -0.25) is 9.69 Å². The van der Waals surface area contributed by atoms with Crippen LogP contribution in [-0.2, 0) is 9.53 Å². The lowest BCUT2D eigenvalue weighted by Crippen LogP contribution is -2.51. The van der Waals surface area contributed by atoms with Gasteiger partial charge in [0.1, 0.15) is 0 Å². The molecular formula is C14H24F2N2O2. The summed E-state index contributed by atoms with van der Waals surface area (Å²) in [6, 6.07) is 0.0474. The molecule has 2 fully saturated rings. The number of alkyl halides is 2. The van der Waals surface area contributed by atoms with Crippen LogP contribution in [0.3, 0.4) is 0 Å². The summed E-state index contributed by atoms with van der Waals surface area (Å²) in [5.41, 5.74) is 0. The molecule has 1 aliphatic heterocycles. The molecule has 116 valence electrons. The second kappa shape index (κ2) is 7.31. The Balaban J connectivity index is 1.85. The molecule has 1 saturated carbocycles. The lowest BCUT2D eigenvalue weighted by atomic mass is 9.89. The van der Waals surface area contributed by atoms with Crippen molar-refractivity contribution in [2.45, 2.75) is 38.2 Å². The smallest absolute Gasteiger partial charge is 0.319 e. The molecule has 0 aromatic carbocycles. The van der Waals surface area contributed by atoms with Gasteiger partial charge >= 0.3 is 5.97 Å². The van der Waals surface area contributed by atoms with E-state index in [9.17, 15) is 13.6 Å². The second-order valence-corrected chi connectivity index (χ2v) is 6.05. The minimum Gasteiger partial charge on any atom is -0.468 e. The third-order valence-corrected chi connectivity index (χ3v) is 4.12. The van der Waals surface area contributed by atoms with Crippen LogP contribution in [0.1, 0.15) is 25.7 Å². The van der Waals surface area contributed by atoms with E-state index in [0.717, 1.165) is 25.3 Å². The highest BCUT2D eigenvalue weighted by Crippen LogP contribution is 2.37. The summed E-state index contributed by atoms with van der Waals surface area (Å²) in [5, 5.41) is 2.92. The lowest BCUT2D eigenvalue weighted by molar-refractivity contribution is -0.142. The maximum atomic E-state index is 12.3. The van der Waals surface area contributed by atoms with Crippen LogP contribution in [0.15, 0.2) is 0 Å². The summed E-state index contributed by atoms with van der Waals surface area (Å²) in [7, 11) is 1.38. The van der Waals surface area contributed by atoms with Gasteiger partial charge in [-0.2, -0.15) is 0 Å². The number of halogens is 2. The molecule has 0 aromatic rings. The van der Waals surface area contributed by atoms with Crippen LogP contribution in [0.25, 0.3) is 0 Å². The number of rotatable bonds is 7. The molecule has 2 rings (SSSR count). The highest BCUT2D eigenvalue weighted by atomic mass is 19.3. The number of hydrogen-bond donors (Lipinski definition) is 1. The topological polar surface area (TPSA) is 41.6 Å². The largest absolute Gasteiger partial charge is 0.468 e. The van der Waals surface area contributed by atoms with E-state index in [-0.39, 0.29) is 25.1 Å². The maximum Gasteiger partial charge on any atom is 0.319 e. The second-order valence-electron chi connectivity index (χ2n) is 6.05. The fourth-order valence-corrected chi connectivity index (χ4v) is 3.08. The number of likely N-dealkylation sites (tertiary alicyclic amines) is 1. The third-order valence-electron chi connectivity index (χ3n) is 4.12. The fourth-order valence-electron chi connectivity index (χ4n) is 3.08. The number of hydrogen-bond acceptors (Lipinski definition) is 4. The van der Waals surface area contributed by atoms with Crippen molar-refractivity contribution >= 4 is 5.97 Å². The molecule has 1 aliphatic carbocycles. The zero-order chi connectivity index (χ0) is 14.5. The lowest BCUT2D eigenvalue weighted by Gasteiger charge is -2.37. The van der Waals surface area contributed by atoms with Crippen molar-refractivity contribution in [1.29, 1.82) is 0 Å². The Morgan fingerprint density at radius 1 is 1.35 bits per heavy atom.